The van der Waals surface area contributed by atoms with Crippen LogP contribution in [0.5, 0.6) is 11.5 Å². The second kappa shape index (κ2) is 7.61. The number of fused-ring (bicyclic) bond motifs is 1. The summed E-state index contributed by atoms with van der Waals surface area (Å²) in [6.07, 6.45) is 3.01. The highest BCUT2D eigenvalue weighted by Gasteiger charge is 2.14. The Hall–Kier alpha value is -1.59. The zero-order chi connectivity index (χ0) is 15.2. The van der Waals surface area contributed by atoms with Crippen molar-refractivity contribution in [2.75, 3.05) is 19.8 Å². The molecule has 2 heterocycles. The lowest BCUT2D eigenvalue weighted by molar-refractivity contribution is 0.273. The molecule has 3 rings (SSSR count). The van der Waals surface area contributed by atoms with Crippen LogP contribution in [-0.2, 0) is 19.4 Å². The number of para-hydroxylation sites is 2. The SMILES string of the molecule is CCOc1ccccc1OCCCc1nc2c(s1)CNCC2. The van der Waals surface area contributed by atoms with Gasteiger partial charge in [-0.2, -0.15) is 0 Å². The van der Waals surface area contributed by atoms with Gasteiger partial charge in [0.15, 0.2) is 11.5 Å². The molecule has 118 valence electrons. The molecule has 1 N–H and O–H groups in total. The van der Waals surface area contributed by atoms with Crippen LogP contribution in [-0.4, -0.2) is 24.7 Å². The number of benzene rings is 1. The fourth-order valence-electron chi connectivity index (χ4n) is 2.54. The molecular formula is C17H22N2O2S. The van der Waals surface area contributed by atoms with E-state index < -0.39 is 0 Å². The first-order chi connectivity index (χ1) is 10.9. The molecular weight excluding hydrogens is 296 g/mol. The standard InChI is InChI=1S/C17H22N2O2S/c1-2-20-14-6-3-4-7-15(14)21-11-5-8-17-19-13-9-10-18-12-16(13)22-17/h3-4,6-7,18H,2,5,8-12H2,1H3. The van der Waals surface area contributed by atoms with Gasteiger partial charge in [0, 0.05) is 30.8 Å². The third-order valence-corrected chi connectivity index (χ3v) is 4.75. The van der Waals surface area contributed by atoms with Crippen LogP contribution in [0.1, 0.15) is 28.9 Å². The first-order valence-corrected chi connectivity index (χ1v) is 8.71. The average molecular weight is 318 g/mol. The van der Waals surface area contributed by atoms with Gasteiger partial charge in [0.1, 0.15) is 0 Å². The quantitative estimate of drug-likeness (QED) is 0.796. The number of hydrogen-bond donors (Lipinski definition) is 1. The smallest absolute Gasteiger partial charge is 0.161 e. The lowest BCUT2D eigenvalue weighted by Gasteiger charge is -2.11. The van der Waals surface area contributed by atoms with Crippen molar-refractivity contribution >= 4 is 11.3 Å². The third kappa shape index (κ3) is 3.78. The molecule has 5 heteroatoms. The molecule has 4 nitrogen and oxygen atoms in total. The molecule has 1 aromatic heterocycles. The molecule has 0 bridgehead atoms. The maximum atomic E-state index is 5.85. The highest BCUT2D eigenvalue weighted by Crippen LogP contribution is 2.27. The largest absolute Gasteiger partial charge is 0.490 e. The molecule has 0 amide bonds. The number of ether oxygens (including phenoxy) is 2. The zero-order valence-corrected chi connectivity index (χ0v) is 13.7. The van der Waals surface area contributed by atoms with Crippen LogP contribution in [0, 0.1) is 0 Å². The van der Waals surface area contributed by atoms with Crippen molar-refractivity contribution in [2.45, 2.75) is 32.7 Å². The second-order valence-corrected chi connectivity index (χ2v) is 6.40. The van der Waals surface area contributed by atoms with E-state index in [9.17, 15) is 0 Å². The minimum Gasteiger partial charge on any atom is -0.490 e. The monoisotopic (exact) mass is 318 g/mol. The van der Waals surface area contributed by atoms with E-state index in [0.29, 0.717) is 13.2 Å². The average Bonchev–Trinajstić information content (AvgIpc) is 2.96. The first-order valence-electron chi connectivity index (χ1n) is 7.89. The van der Waals surface area contributed by atoms with Gasteiger partial charge in [-0.1, -0.05) is 12.1 Å². The highest BCUT2D eigenvalue weighted by molar-refractivity contribution is 7.11. The van der Waals surface area contributed by atoms with Gasteiger partial charge in [-0.25, -0.2) is 4.98 Å². The van der Waals surface area contributed by atoms with Crippen LogP contribution in [0.25, 0.3) is 0 Å². The Balaban J connectivity index is 1.48. The zero-order valence-electron chi connectivity index (χ0n) is 12.9. The molecule has 0 saturated heterocycles. The van der Waals surface area contributed by atoms with Gasteiger partial charge in [-0.3, -0.25) is 0 Å². The number of nitrogens with zero attached hydrogens (tertiary/aromatic N) is 1. The fraction of sp³-hybridized carbons (Fsp3) is 0.471. The Morgan fingerprint density at radius 1 is 1.23 bits per heavy atom. The van der Waals surface area contributed by atoms with Crippen molar-refractivity contribution in [1.82, 2.24) is 10.3 Å². The van der Waals surface area contributed by atoms with Crippen molar-refractivity contribution in [3.05, 3.63) is 39.8 Å². The molecule has 0 spiro atoms. The van der Waals surface area contributed by atoms with Gasteiger partial charge in [0.25, 0.3) is 0 Å². The summed E-state index contributed by atoms with van der Waals surface area (Å²) in [6.45, 7) is 5.35. The van der Waals surface area contributed by atoms with E-state index in [0.717, 1.165) is 43.9 Å². The van der Waals surface area contributed by atoms with Gasteiger partial charge >= 0.3 is 0 Å². The third-order valence-electron chi connectivity index (χ3n) is 3.59. The number of aromatic nitrogens is 1. The summed E-state index contributed by atoms with van der Waals surface area (Å²) < 4.78 is 11.4. The van der Waals surface area contributed by atoms with E-state index in [1.165, 1.54) is 15.6 Å². The Labute approximate surface area is 135 Å². The molecule has 0 unspecified atom stereocenters. The molecule has 0 atom stereocenters. The van der Waals surface area contributed by atoms with E-state index in [1.54, 1.807) is 0 Å². The summed E-state index contributed by atoms with van der Waals surface area (Å²) >= 11 is 1.84. The molecule has 1 aliphatic heterocycles. The summed E-state index contributed by atoms with van der Waals surface area (Å²) in [6, 6.07) is 7.84. The molecule has 0 fully saturated rings. The van der Waals surface area contributed by atoms with E-state index in [4.69, 9.17) is 14.5 Å². The highest BCUT2D eigenvalue weighted by atomic mass is 32.1. The number of thiazole rings is 1. The van der Waals surface area contributed by atoms with Gasteiger partial charge in [-0.05, 0) is 25.5 Å². The number of rotatable bonds is 7. The summed E-state index contributed by atoms with van der Waals surface area (Å²) in [5, 5.41) is 4.62. The maximum Gasteiger partial charge on any atom is 0.161 e. The van der Waals surface area contributed by atoms with E-state index in [-0.39, 0.29) is 0 Å². The van der Waals surface area contributed by atoms with Crippen LogP contribution >= 0.6 is 11.3 Å². The topological polar surface area (TPSA) is 43.4 Å². The van der Waals surface area contributed by atoms with Crippen molar-refractivity contribution in [3.8, 4) is 11.5 Å². The fourth-order valence-corrected chi connectivity index (χ4v) is 3.66. The molecule has 0 saturated carbocycles. The molecule has 1 aliphatic rings. The van der Waals surface area contributed by atoms with Gasteiger partial charge in [0.2, 0.25) is 0 Å². The van der Waals surface area contributed by atoms with Gasteiger partial charge in [-0.15, -0.1) is 11.3 Å². The summed E-state index contributed by atoms with van der Waals surface area (Å²) in [7, 11) is 0. The summed E-state index contributed by atoms with van der Waals surface area (Å²) in [5.41, 5.74) is 1.29. The van der Waals surface area contributed by atoms with Gasteiger partial charge in [0.05, 0.1) is 23.9 Å². The lowest BCUT2D eigenvalue weighted by atomic mass is 10.2. The maximum absolute atomic E-state index is 5.85. The molecule has 22 heavy (non-hydrogen) atoms. The minimum atomic E-state index is 0.652. The van der Waals surface area contributed by atoms with E-state index in [1.807, 2.05) is 42.5 Å². The van der Waals surface area contributed by atoms with Crippen LogP contribution < -0.4 is 14.8 Å². The Kier molecular flexibility index (Phi) is 5.29. The number of nitrogens with one attached hydrogen (secondary N) is 1. The van der Waals surface area contributed by atoms with E-state index >= 15 is 0 Å². The van der Waals surface area contributed by atoms with Crippen LogP contribution in [0.3, 0.4) is 0 Å². The minimum absolute atomic E-state index is 0.652. The van der Waals surface area contributed by atoms with Crippen LogP contribution in [0.4, 0.5) is 0 Å². The van der Waals surface area contributed by atoms with Crippen molar-refractivity contribution in [1.29, 1.82) is 0 Å². The summed E-state index contributed by atoms with van der Waals surface area (Å²) in [4.78, 5) is 6.15. The second-order valence-electron chi connectivity index (χ2n) is 5.24. The number of hydrogen-bond acceptors (Lipinski definition) is 5. The molecule has 0 aliphatic carbocycles. The predicted octanol–water partition coefficient (Wildman–Crippen LogP) is 3.20. The lowest BCUT2D eigenvalue weighted by Crippen LogP contribution is -2.22. The Bertz CT molecular complexity index is 589. The van der Waals surface area contributed by atoms with Gasteiger partial charge < -0.3 is 14.8 Å². The Morgan fingerprint density at radius 2 is 2.05 bits per heavy atom. The van der Waals surface area contributed by atoms with Crippen molar-refractivity contribution < 1.29 is 9.47 Å². The summed E-state index contributed by atoms with van der Waals surface area (Å²) in [5.74, 6) is 1.65. The normalized spacial score (nSPS) is 13.7. The predicted molar refractivity (Wildman–Crippen MR) is 89.0 cm³/mol. The number of aryl methyl sites for hydroxylation is 1. The molecule has 2 aromatic rings. The van der Waals surface area contributed by atoms with Crippen molar-refractivity contribution in [3.63, 3.8) is 0 Å². The van der Waals surface area contributed by atoms with Crippen molar-refractivity contribution in [2.24, 2.45) is 0 Å². The molecule has 1 aromatic carbocycles. The Morgan fingerprint density at radius 3 is 2.82 bits per heavy atom. The van der Waals surface area contributed by atoms with E-state index in [2.05, 4.69) is 5.32 Å². The molecule has 0 radical (unpaired) electrons. The van der Waals surface area contributed by atoms with Crippen LogP contribution in [0.15, 0.2) is 24.3 Å². The first kappa shape index (κ1) is 15.3. The van der Waals surface area contributed by atoms with Crippen LogP contribution in [0.2, 0.25) is 0 Å².